The molecule has 8 rings (SSSR count). The van der Waals surface area contributed by atoms with Crippen LogP contribution in [0, 0.1) is 23.5 Å². The number of benzene rings is 3. The highest BCUT2D eigenvalue weighted by atomic mass is 19.1. The Morgan fingerprint density at radius 2 is 1.86 bits per heavy atom. The second kappa shape index (κ2) is 13.9. The molecule has 1 amide bonds. The number of nitrogens with one attached hydrogen (secondary N) is 2. The fourth-order valence-electron chi connectivity index (χ4n) is 7.02. The monoisotopic (exact) mass is 680 g/mol. The van der Waals surface area contributed by atoms with Crippen molar-refractivity contribution in [2.24, 2.45) is 11.8 Å². The topological polar surface area (TPSA) is 150 Å². The summed E-state index contributed by atoms with van der Waals surface area (Å²) in [6.45, 7) is 4.17. The van der Waals surface area contributed by atoms with Crippen molar-refractivity contribution in [1.82, 2.24) is 25.6 Å². The summed E-state index contributed by atoms with van der Waals surface area (Å²) in [7, 11) is 0. The number of aliphatic carboxylic acids is 1. The van der Waals surface area contributed by atoms with E-state index in [0.29, 0.717) is 24.9 Å². The van der Waals surface area contributed by atoms with E-state index in [9.17, 15) is 23.5 Å². The van der Waals surface area contributed by atoms with E-state index < -0.39 is 35.5 Å². The molecule has 10 nitrogen and oxygen atoms in total. The van der Waals surface area contributed by atoms with Crippen LogP contribution < -0.4 is 11.1 Å². The molecule has 3 aliphatic rings. The molecule has 2 aromatic heterocycles. The summed E-state index contributed by atoms with van der Waals surface area (Å²) in [6.07, 6.45) is 5.62. The molecule has 0 bridgehead atoms. The normalized spacial score (nSPS) is 18.8. The smallest absolute Gasteiger partial charge is 0.309 e. The van der Waals surface area contributed by atoms with Crippen molar-refractivity contribution in [2.75, 3.05) is 25.4 Å². The van der Waals surface area contributed by atoms with E-state index in [4.69, 9.17) is 10.3 Å². The van der Waals surface area contributed by atoms with Gasteiger partial charge in [0.15, 0.2) is 11.5 Å². The zero-order valence-electron chi connectivity index (χ0n) is 27.5. The van der Waals surface area contributed by atoms with Gasteiger partial charge in [-0.05, 0) is 71.2 Å². The third-order valence-corrected chi connectivity index (χ3v) is 10.0. The number of amides is 1. The highest BCUT2D eigenvalue weighted by Gasteiger charge is 2.37. The Hall–Kier alpha value is -5.36. The first-order valence-electron chi connectivity index (χ1n) is 16.8. The lowest BCUT2D eigenvalue weighted by Crippen LogP contribution is -2.53. The van der Waals surface area contributed by atoms with Crippen LogP contribution in [-0.2, 0) is 11.2 Å². The lowest BCUT2D eigenvalue weighted by Gasteiger charge is -2.36. The summed E-state index contributed by atoms with van der Waals surface area (Å²) in [6, 6.07) is 18.6. The Kier molecular flexibility index (Phi) is 9.20. The second-order valence-electron chi connectivity index (χ2n) is 13.4. The molecular weight excluding hydrogens is 642 g/mol. The van der Waals surface area contributed by atoms with E-state index in [1.807, 2.05) is 6.07 Å². The summed E-state index contributed by atoms with van der Waals surface area (Å²) in [5.41, 5.74) is 14.8. The van der Waals surface area contributed by atoms with Gasteiger partial charge in [-0.3, -0.25) is 14.7 Å². The van der Waals surface area contributed by atoms with Gasteiger partial charge in [0.2, 0.25) is 0 Å². The van der Waals surface area contributed by atoms with E-state index in [1.54, 1.807) is 6.20 Å². The lowest BCUT2D eigenvalue weighted by molar-refractivity contribution is -0.144. The van der Waals surface area contributed by atoms with Gasteiger partial charge in [-0.2, -0.15) is 5.10 Å². The van der Waals surface area contributed by atoms with Crippen molar-refractivity contribution in [3.63, 3.8) is 0 Å². The number of halogens is 2. The number of carboxylic acid groups (broad SMARTS) is 1. The number of rotatable bonds is 8. The summed E-state index contributed by atoms with van der Waals surface area (Å²) in [4.78, 5) is 26.4. The number of aromatic nitrogens is 3. The molecule has 258 valence electrons. The number of aromatic amines is 1. The largest absolute Gasteiger partial charge is 0.481 e. The van der Waals surface area contributed by atoms with Crippen molar-refractivity contribution in [3.05, 3.63) is 113 Å². The van der Waals surface area contributed by atoms with Crippen LogP contribution in [0.4, 0.5) is 14.5 Å². The molecule has 2 aliphatic carbocycles. The minimum atomic E-state index is -0.954. The van der Waals surface area contributed by atoms with Crippen molar-refractivity contribution < 1.29 is 28.0 Å². The number of carboxylic acids is 1. The van der Waals surface area contributed by atoms with Crippen LogP contribution in [0.15, 0.2) is 77.4 Å². The van der Waals surface area contributed by atoms with Gasteiger partial charge in [-0.25, -0.2) is 8.78 Å². The molecule has 2 fully saturated rings. The zero-order chi connectivity index (χ0) is 34.9. The molecule has 50 heavy (non-hydrogen) atoms. The van der Waals surface area contributed by atoms with Crippen molar-refractivity contribution in [1.29, 1.82) is 0 Å². The minimum absolute atomic E-state index is 0.0123. The van der Waals surface area contributed by atoms with Gasteiger partial charge in [0.1, 0.15) is 11.6 Å². The molecule has 5 N–H and O–H groups in total. The number of carbonyl (C=O) groups is 2. The number of likely N-dealkylation sites (tertiary alicyclic amines) is 1. The Bertz CT molecular complexity index is 2030. The average molecular weight is 681 g/mol. The average Bonchev–Trinajstić information content (AvgIpc) is 3.47. The van der Waals surface area contributed by atoms with Crippen LogP contribution in [0.5, 0.6) is 0 Å². The summed E-state index contributed by atoms with van der Waals surface area (Å²) >= 11 is 0. The Morgan fingerprint density at radius 3 is 2.60 bits per heavy atom. The summed E-state index contributed by atoms with van der Waals surface area (Å²) in [5, 5.41) is 23.0. The van der Waals surface area contributed by atoms with Crippen LogP contribution in [0.2, 0.25) is 0 Å². The molecule has 0 unspecified atom stereocenters. The maximum absolute atomic E-state index is 13.9. The lowest BCUT2D eigenvalue weighted by atomic mass is 9.91. The number of anilines is 1. The first-order valence-corrected chi connectivity index (χ1v) is 16.8. The molecule has 1 aliphatic heterocycles. The van der Waals surface area contributed by atoms with E-state index in [0.717, 1.165) is 37.0 Å². The maximum atomic E-state index is 13.9. The number of nitrogens with zero attached hydrogens (tertiary/aromatic N) is 3. The minimum Gasteiger partial charge on any atom is -0.481 e. The molecule has 0 spiro atoms. The van der Waals surface area contributed by atoms with Gasteiger partial charge < -0.3 is 25.6 Å². The number of nitrogens with two attached hydrogens (primary N) is 1. The molecule has 3 heterocycles. The second-order valence-corrected chi connectivity index (χ2v) is 13.4. The number of carbonyl (C=O) groups excluding carboxylic acids is 1. The molecule has 3 aromatic carbocycles. The first kappa shape index (κ1) is 33.2. The van der Waals surface area contributed by atoms with Crippen molar-refractivity contribution in [2.45, 2.75) is 44.6 Å². The number of fused-ring (bicyclic) bond motifs is 3. The standard InChI is InChI=1S/C20H21F2N3O4.C18H17N3/c21-12-3-4-13(15(22)7-12)18-8-17(24-29-18)19(26)23-16-5-6-25(9-11-1-2-11)10-14(16)20(27)28;1-11(17-8-9-20-21-17)13-6-7-15-14-5-3-2-4-12(14)10-16(15)18(13)19/h3-4,7-8,11,14,16H,1-2,5-6,9-10H2,(H,23,26)(H,27,28);2-9,11H,10,19H2,1H3,(H,20,21)/t14-,16-;11-/m01/s1. The third kappa shape index (κ3) is 6.88. The number of hydrogen-bond acceptors (Lipinski definition) is 7. The van der Waals surface area contributed by atoms with E-state index >= 15 is 0 Å². The summed E-state index contributed by atoms with van der Waals surface area (Å²) < 4.78 is 32.0. The van der Waals surface area contributed by atoms with Crippen LogP contribution in [0.3, 0.4) is 0 Å². The highest BCUT2D eigenvalue weighted by Crippen LogP contribution is 2.42. The number of piperidine rings is 1. The maximum Gasteiger partial charge on any atom is 0.309 e. The molecule has 5 aromatic rings. The van der Waals surface area contributed by atoms with Crippen LogP contribution in [0.25, 0.3) is 22.5 Å². The third-order valence-electron chi connectivity index (χ3n) is 10.0. The molecule has 0 radical (unpaired) electrons. The van der Waals surface area contributed by atoms with E-state index in [1.165, 1.54) is 52.8 Å². The Balaban J connectivity index is 0.000000165. The van der Waals surface area contributed by atoms with Crippen LogP contribution in [0.1, 0.15) is 65.0 Å². The van der Waals surface area contributed by atoms with Crippen molar-refractivity contribution in [3.8, 4) is 22.5 Å². The Labute approximate surface area is 287 Å². The molecule has 12 heteroatoms. The SMILES string of the molecule is C[C@@H](c1ccn[nH]1)c1ccc2c(c1N)Cc1ccccc1-2.O=C(N[C@H]1CCN(CC2CC2)C[C@@H]1C(=O)O)c1cc(-c2ccc(F)cc2F)on1. The van der Waals surface area contributed by atoms with Gasteiger partial charge in [0.25, 0.3) is 5.91 Å². The van der Waals surface area contributed by atoms with E-state index in [-0.39, 0.29) is 22.9 Å². The van der Waals surface area contributed by atoms with Gasteiger partial charge in [-0.1, -0.05) is 48.5 Å². The predicted octanol–water partition coefficient (Wildman–Crippen LogP) is 6.25. The number of nitrogen functional groups attached to an aromatic ring is 1. The van der Waals surface area contributed by atoms with Gasteiger partial charge >= 0.3 is 5.97 Å². The zero-order valence-corrected chi connectivity index (χ0v) is 27.5. The van der Waals surface area contributed by atoms with Gasteiger partial charge in [0.05, 0.1) is 11.5 Å². The van der Waals surface area contributed by atoms with Crippen molar-refractivity contribution >= 4 is 17.6 Å². The molecule has 1 saturated carbocycles. The highest BCUT2D eigenvalue weighted by molar-refractivity contribution is 5.93. The van der Waals surface area contributed by atoms with Crippen LogP contribution >= 0.6 is 0 Å². The van der Waals surface area contributed by atoms with Crippen LogP contribution in [-0.4, -0.2) is 62.9 Å². The van der Waals surface area contributed by atoms with Gasteiger partial charge in [-0.15, -0.1) is 0 Å². The fraction of sp³-hybridized carbons (Fsp3) is 0.316. The quantitative estimate of drug-likeness (QED) is 0.138. The Morgan fingerprint density at radius 1 is 1.06 bits per heavy atom. The molecule has 3 atom stereocenters. The molecular formula is C38H38F2N6O4. The number of H-pyrrole nitrogens is 1. The predicted molar refractivity (Wildman–Crippen MR) is 183 cm³/mol. The first-order chi connectivity index (χ1) is 24.2. The van der Waals surface area contributed by atoms with E-state index in [2.05, 4.69) is 68.9 Å². The fourth-order valence-corrected chi connectivity index (χ4v) is 7.02. The number of hydrogen-bond donors (Lipinski definition) is 4. The van der Waals surface area contributed by atoms with Gasteiger partial charge in [0, 0.05) is 67.7 Å². The summed E-state index contributed by atoms with van der Waals surface area (Å²) in [5.74, 6) is -2.94. The molecule has 1 saturated heterocycles.